The molecule has 222 valence electrons. The van der Waals surface area contributed by atoms with E-state index in [1.165, 1.54) is 0 Å². The Morgan fingerprint density at radius 1 is 0.444 bits per heavy atom. The SMILES string of the molecule is CCOC(=O)C(Oc1ccccc1-c1ccccc1)(Oc1ccccc1-c1ccccc1)Oc1ccccc1-c1ccccc1. The Labute approximate surface area is 263 Å². The van der Waals surface area contributed by atoms with Crippen molar-refractivity contribution in [2.75, 3.05) is 6.61 Å². The van der Waals surface area contributed by atoms with Gasteiger partial charge < -0.3 is 18.9 Å². The van der Waals surface area contributed by atoms with Crippen LogP contribution >= 0.6 is 0 Å². The van der Waals surface area contributed by atoms with Crippen molar-refractivity contribution in [3.8, 4) is 50.6 Å². The third-order valence-corrected chi connectivity index (χ3v) is 7.17. The largest absolute Gasteiger partial charge is 0.523 e. The number of para-hydroxylation sites is 3. The van der Waals surface area contributed by atoms with Gasteiger partial charge in [-0.2, -0.15) is 0 Å². The van der Waals surface area contributed by atoms with E-state index in [-0.39, 0.29) is 6.61 Å². The number of hydrogen-bond donors (Lipinski definition) is 0. The van der Waals surface area contributed by atoms with Gasteiger partial charge in [0.2, 0.25) is 0 Å². The molecule has 0 unspecified atom stereocenters. The molecule has 0 bridgehead atoms. The molecule has 0 amide bonds. The summed E-state index contributed by atoms with van der Waals surface area (Å²) in [5, 5.41) is 0. The second-order valence-corrected chi connectivity index (χ2v) is 10.2. The van der Waals surface area contributed by atoms with Crippen molar-refractivity contribution in [3.05, 3.63) is 164 Å². The van der Waals surface area contributed by atoms with E-state index in [9.17, 15) is 4.79 Å². The number of hydrogen-bond acceptors (Lipinski definition) is 5. The van der Waals surface area contributed by atoms with E-state index in [1.807, 2.05) is 146 Å². The van der Waals surface area contributed by atoms with Gasteiger partial charge in [-0.05, 0) is 41.8 Å². The van der Waals surface area contributed by atoms with E-state index in [0.717, 1.165) is 33.4 Å². The molecule has 0 aromatic heterocycles. The average Bonchev–Trinajstić information content (AvgIpc) is 3.10. The lowest BCUT2D eigenvalue weighted by atomic mass is 10.0. The monoisotopic (exact) mass is 592 g/mol. The molecule has 0 fully saturated rings. The lowest BCUT2D eigenvalue weighted by Crippen LogP contribution is -2.56. The second-order valence-electron chi connectivity index (χ2n) is 10.2. The van der Waals surface area contributed by atoms with Crippen LogP contribution in [0.2, 0.25) is 0 Å². The van der Waals surface area contributed by atoms with E-state index in [2.05, 4.69) is 0 Å². The molecule has 6 aromatic rings. The zero-order valence-corrected chi connectivity index (χ0v) is 24.8. The maximum absolute atomic E-state index is 14.2. The van der Waals surface area contributed by atoms with Gasteiger partial charge in [-0.15, -0.1) is 0 Å². The highest BCUT2D eigenvalue weighted by Gasteiger charge is 2.51. The zero-order chi connectivity index (χ0) is 30.9. The minimum atomic E-state index is -2.38. The molecule has 0 radical (unpaired) electrons. The molecular formula is C40H32O5. The fourth-order valence-corrected chi connectivity index (χ4v) is 5.08. The van der Waals surface area contributed by atoms with Gasteiger partial charge in [-0.1, -0.05) is 146 Å². The van der Waals surface area contributed by atoms with Gasteiger partial charge in [0.05, 0.1) is 6.61 Å². The van der Waals surface area contributed by atoms with Crippen molar-refractivity contribution in [1.29, 1.82) is 0 Å². The van der Waals surface area contributed by atoms with Gasteiger partial charge in [0, 0.05) is 16.7 Å². The Kier molecular flexibility index (Phi) is 8.88. The molecule has 0 heterocycles. The van der Waals surface area contributed by atoms with Crippen molar-refractivity contribution < 1.29 is 23.7 Å². The van der Waals surface area contributed by atoms with Crippen LogP contribution in [-0.2, 0) is 9.53 Å². The molecule has 0 saturated carbocycles. The zero-order valence-electron chi connectivity index (χ0n) is 24.8. The first-order valence-electron chi connectivity index (χ1n) is 14.8. The van der Waals surface area contributed by atoms with Gasteiger partial charge in [-0.3, -0.25) is 0 Å². The molecule has 0 aliphatic heterocycles. The van der Waals surface area contributed by atoms with Crippen LogP contribution in [0.25, 0.3) is 33.4 Å². The molecule has 0 saturated heterocycles. The van der Waals surface area contributed by atoms with Crippen LogP contribution in [0, 0.1) is 0 Å². The van der Waals surface area contributed by atoms with E-state index in [1.54, 1.807) is 25.1 Å². The summed E-state index contributed by atoms with van der Waals surface area (Å²) in [7, 11) is 0. The highest BCUT2D eigenvalue weighted by Crippen LogP contribution is 2.39. The van der Waals surface area contributed by atoms with E-state index in [0.29, 0.717) is 17.2 Å². The number of ether oxygens (including phenoxy) is 4. The summed E-state index contributed by atoms with van der Waals surface area (Å²) >= 11 is 0. The smallest absolute Gasteiger partial charge is 0.457 e. The fourth-order valence-electron chi connectivity index (χ4n) is 5.08. The molecule has 0 N–H and O–H groups in total. The quantitative estimate of drug-likeness (QED) is 0.111. The van der Waals surface area contributed by atoms with Crippen LogP contribution in [0.1, 0.15) is 6.92 Å². The lowest BCUT2D eigenvalue weighted by Gasteiger charge is -2.33. The van der Waals surface area contributed by atoms with Crippen molar-refractivity contribution in [1.82, 2.24) is 0 Å². The summed E-state index contributed by atoms with van der Waals surface area (Å²) in [4.78, 5) is 14.2. The summed E-state index contributed by atoms with van der Waals surface area (Å²) in [5.74, 6) is -2.07. The molecule has 6 rings (SSSR count). The topological polar surface area (TPSA) is 54.0 Å². The first-order chi connectivity index (χ1) is 22.2. The first kappa shape index (κ1) is 29.3. The van der Waals surface area contributed by atoms with Crippen molar-refractivity contribution in [3.63, 3.8) is 0 Å². The third-order valence-electron chi connectivity index (χ3n) is 7.17. The summed E-state index contributed by atoms with van der Waals surface area (Å²) < 4.78 is 25.7. The predicted octanol–water partition coefficient (Wildman–Crippen LogP) is 9.44. The standard InChI is InChI=1S/C40H32O5/c1-2-42-39(41)40(43-36-27-15-12-24-33(36)30-18-6-3-7-19-30,44-37-28-16-13-25-34(37)31-20-8-4-9-21-31)45-38-29-17-14-26-35(38)32-22-10-5-11-23-32/h3-29H,2H2,1H3. The molecule has 0 spiro atoms. The minimum Gasteiger partial charge on any atom is -0.457 e. The molecule has 5 nitrogen and oxygen atoms in total. The number of carbonyl (C=O) groups is 1. The summed E-state index contributed by atoms with van der Waals surface area (Å²) in [6, 6.07) is 51.8. The number of carbonyl (C=O) groups excluding carboxylic acids is 1. The summed E-state index contributed by atoms with van der Waals surface area (Å²) in [6.45, 7) is 1.81. The normalized spacial score (nSPS) is 11.0. The molecule has 0 aliphatic rings. The molecule has 0 aliphatic carbocycles. The summed E-state index contributed by atoms with van der Waals surface area (Å²) in [6.07, 6.45) is 0. The molecule has 5 heteroatoms. The van der Waals surface area contributed by atoms with Crippen molar-refractivity contribution >= 4 is 5.97 Å². The minimum absolute atomic E-state index is 0.0810. The third kappa shape index (κ3) is 6.58. The molecule has 6 aromatic carbocycles. The summed E-state index contributed by atoms with van der Waals surface area (Å²) in [5.41, 5.74) is 4.98. The second kappa shape index (κ2) is 13.7. The maximum Gasteiger partial charge on any atom is 0.523 e. The Bertz CT molecular complexity index is 1650. The van der Waals surface area contributed by atoms with Crippen molar-refractivity contribution in [2.24, 2.45) is 0 Å². The highest BCUT2D eigenvalue weighted by atomic mass is 16.9. The van der Waals surface area contributed by atoms with E-state index in [4.69, 9.17) is 18.9 Å². The van der Waals surface area contributed by atoms with Crippen molar-refractivity contribution in [2.45, 2.75) is 12.9 Å². The maximum atomic E-state index is 14.2. The Balaban J connectivity index is 1.54. The average molecular weight is 593 g/mol. The molecule has 0 atom stereocenters. The fraction of sp³-hybridized carbons (Fsp3) is 0.0750. The van der Waals surface area contributed by atoms with Crippen LogP contribution in [-0.4, -0.2) is 18.5 Å². The predicted molar refractivity (Wildman–Crippen MR) is 177 cm³/mol. The van der Waals surface area contributed by atoms with Gasteiger partial charge in [0.1, 0.15) is 17.2 Å². The Morgan fingerprint density at radius 2 is 0.733 bits per heavy atom. The Hall–Kier alpha value is -5.81. The van der Waals surface area contributed by atoms with Crippen LogP contribution in [0.15, 0.2) is 164 Å². The van der Waals surface area contributed by atoms with Crippen LogP contribution < -0.4 is 14.2 Å². The number of benzene rings is 6. The lowest BCUT2D eigenvalue weighted by molar-refractivity contribution is -0.259. The highest BCUT2D eigenvalue weighted by molar-refractivity contribution is 5.81. The Morgan fingerprint density at radius 3 is 1.04 bits per heavy atom. The number of esters is 1. The van der Waals surface area contributed by atoms with Gasteiger partial charge in [-0.25, -0.2) is 4.79 Å². The van der Waals surface area contributed by atoms with E-state index < -0.39 is 11.9 Å². The van der Waals surface area contributed by atoms with Crippen LogP contribution in [0.3, 0.4) is 0 Å². The number of rotatable bonds is 11. The van der Waals surface area contributed by atoms with Crippen LogP contribution in [0.5, 0.6) is 17.2 Å². The van der Waals surface area contributed by atoms with E-state index >= 15 is 0 Å². The van der Waals surface area contributed by atoms with Gasteiger partial charge in [0.15, 0.2) is 0 Å². The van der Waals surface area contributed by atoms with Gasteiger partial charge in [0.25, 0.3) is 0 Å². The van der Waals surface area contributed by atoms with Gasteiger partial charge >= 0.3 is 11.9 Å². The molecule has 45 heavy (non-hydrogen) atoms. The van der Waals surface area contributed by atoms with Crippen LogP contribution in [0.4, 0.5) is 0 Å². The first-order valence-corrected chi connectivity index (χ1v) is 14.8. The molecular weight excluding hydrogens is 560 g/mol.